The van der Waals surface area contributed by atoms with Crippen LogP contribution in [0.25, 0.3) is 6.08 Å². The summed E-state index contributed by atoms with van der Waals surface area (Å²) in [6.45, 7) is 3.31. The Bertz CT molecular complexity index is 424. The molecule has 0 aliphatic rings. The number of carboxylic acids is 1. The molecule has 0 heterocycles. The van der Waals surface area contributed by atoms with Crippen molar-refractivity contribution >= 4 is 12.0 Å². The van der Waals surface area contributed by atoms with Gasteiger partial charge in [0.05, 0.1) is 5.56 Å². The number of benzene rings is 1. The van der Waals surface area contributed by atoms with E-state index in [1.54, 1.807) is 0 Å². The van der Waals surface area contributed by atoms with Crippen LogP contribution in [0.15, 0.2) is 24.8 Å². The highest BCUT2D eigenvalue weighted by atomic mass is 19.4. The molecule has 1 N–H and O–H groups in total. The molecule has 3 nitrogen and oxygen atoms in total. The van der Waals surface area contributed by atoms with Crippen molar-refractivity contribution in [1.82, 2.24) is 0 Å². The molecule has 1 aromatic rings. The molecule has 0 aromatic heterocycles. The largest absolute Gasteiger partial charge is 0.573 e. The van der Waals surface area contributed by atoms with Crippen molar-refractivity contribution in [2.45, 2.75) is 6.36 Å². The Labute approximate surface area is 88.8 Å². The lowest BCUT2D eigenvalue weighted by Crippen LogP contribution is -2.17. The van der Waals surface area contributed by atoms with Crippen LogP contribution in [0.2, 0.25) is 0 Å². The predicted octanol–water partition coefficient (Wildman–Crippen LogP) is 2.93. The van der Waals surface area contributed by atoms with Crippen molar-refractivity contribution < 1.29 is 27.8 Å². The summed E-state index contributed by atoms with van der Waals surface area (Å²) in [5.41, 5.74) is -0.0706. The zero-order chi connectivity index (χ0) is 12.3. The number of hydrogen-bond acceptors (Lipinski definition) is 2. The van der Waals surface area contributed by atoms with Crippen LogP contribution in [0.1, 0.15) is 15.9 Å². The number of alkyl halides is 3. The summed E-state index contributed by atoms with van der Waals surface area (Å²) in [4.78, 5) is 10.7. The summed E-state index contributed by atoms with van der Waals surface area (Å²) in [6, 6.07) is 2.92. The minimum absolute atomic E-state index is 0.0641. The van der Waals surface area contributed by atoms with Gasteiger partial charge in [-0.1, -0.05) is 12.7 Å². The summed E-state index contributed by atoms with van der Waals surface area (Å²) in [5.74, 6) is -1.72. The minimum atomic E-state index is -4.80. The molecule has 1 rings (SSSR count). The fourth-order valence-corrected chi connectivity index (χ4v) is 1.10. The zero-order valence-corrected chi connectivity index (χ0v) is 7.91. The van der Waals surface area contributed by atoms with Crippen LogP contribution in [0.3, 0.4) is 0 Å². The summed E-state index contributed by atoms with van der Waals surface area (Å²) in [7, 11) is 0. The molecule has 0 fully saturated rings. The van der Waals surface area contributed by atoms with Gasteiger partial charge in [0.15, 0.2) is 0 Å². The number of hydrogen-bond donors (Lipinski definition) is 1. The van der Waals surface area contributed by atoms with Crippen molar-refractivity contribution in [1.29, 1.82) is 0 Å². The lowest BCUT2D eigenvalue weighted by molar-refractivity contribution is -0.274. The SMILES string of the molecule is C=Cc1cc(OC(F)(F)F)ccc1C(=O)O. The van der Waals surface area contributed by atoms with Crippen LogP contribution in [0.5, 0.6) is 5.75 Å². The first-order valence-corrected chi connectivity index (χ1v) is 4.09. The highest BCUT2D eigenvalue weighted by Crippen LogP contribution is 2.25. The second kappa shape index (κ2) is 4.26. The van der Waals surface area contributed by atoms with E-state index in [9.17, 15) is 18.0 Å². The van der Waals surface area contributed by atoms with Gasteiger partial charge in [-0.25, -0.2) is 4.79 Å². The number of aromatic carboxylic acids is 1. The zero-order valence-electron chi connectivity index (χ0n) is 7.91. The third kappa shape index (κ3) is 3.01. The molecule has 0 saturated carbocycles. The van der Waals surface area contributed by atoms with E-state index in [0.29, 0.717) is 0 Å². The Morgan fingerprint density at radius 1 is 1.44 bits per heavy atom. The van der Waals surface area contributed by atoms with Crippen molar-refractivity contribution in [3.05, 3.63) is 35.9 Å². The van der Waals surface area contributed by atoms with Gasteiger partial charge in [0.1, 0.15) is 5.75 Å². The van der Waals surface area contributed by atoms with E-state index < -0.39 is 18.1 Å². The van der Waals surface area contributed by atoms with Gasteiger partial charge in [0.2, 0.25) is 0 Å². The molecule has 0 radical (unpaired) electrons. The quantitative estimate of drug-likeness (QED) is 0.871. The molecule has 0 spiro atoms. The molecule has 0 atom stereocenters. The molecule has 1 aromatic carbocycles. The van der Waals surface area contributed by atoms with Crippen LogP contribution in [-0.4, -0.2) is 17.4 Å². The van der Waals surface area contributed by atoms with Gasteiger partial charge >= 0.3 is 12.3 Å². The van der Waals surface area contributed by atoms with E-state index in [2.05, 4.69) is 11.3 Å². The topological polar surface area (TPSA) is 46.5 Å². The monoisotopic (exact) mass is 232 g/mol. The number of halogens is 3. The molecular weight excluding hydrogens is 225 g/mol. The Morgan fingerprint density at radius 3 is 2.50 bits per heavy atom. The summed E-state index contributed by atoms with van der Waals surface area (Å²) >= 11 is 0. The fourth-order valence-electron chi connectivity index (χ4n) is 1.10. The molecule has 0 bridgehead atoms. The Morgan fingerprint density at radius 2 is 2.06 bits per heavy atom. The van der Waals surface area contributed by atoms with Crippen LogP contribution in [-0.2, 0) is 0 Å². The Kier molecular flexibility index (Phi) is 3.22. The molecule has 0 unspecified atom stereocenters. The lowest BCUT2D eigenvalue weighted by atomic mass is 10.1. The van der Waals surface area contributed by atoms with Gasteiger partial charge in [-0.05, 0) is 23.8 Å². The average Bonchev–Trinajstić information content (AvgIpc) is 2.14. The van der Waals surface area contributed by atoms with Gasteiger partial charge < -0.3 is 9.84 Å². The maximum atomic E-state index is 11.9. The van der Waals surface area contributed by atoms with Gasteiger partial charge in [-0.2, -0.15) is 0 Å². The van der Waals surface area contributed by atoms with Crippen molar-refractivity contribution in [3.8, 4) is 5.75 Å². The second-order valence-electron chi connectivity index (χ2n) is 2.81. The first-order chi connectivity index (χ1) is 7.33. The third-order valence-corrected chi connectivity index (χ3v) is 1.71. The van der Waals surface area contributed by atoms with E-state index in [0.717, 1.165) is 24.3 Å². The summed E-state index contributed by atoms with van der Waals surface area (Å²) in [5, 5.41) is 8.71. The Balaban J connectivity index is 3.09. The smallest absolute Gasteiger partial charge is 0.478 e. The maximum absolute atomic E-state index is 11.9. The Hall–Kier alpha value is -1.98. The van der Waals surface area contributed by atoms with E-state index in [1.807, 2.05) is 0 Å². The predicted molar refractivity (Wildman–Crippen MR) is 50.2 cm³/mol. The normalized spacial score (nSPS) is 10.9. The van der Waals surface area contributed by atoms with Crippen LogP contribution < -0.4 is 4.74 Å². The van der Waals surface area contributed by atoms with Gasteiger partial charge in [0, 0.05) is 0 Å². The van der Waals surface area contributed by atoms with Crippen LogP contribution >= 0.6 is 0 Å². The highest BCUT2D eigenvalue weighted by molar-refractivity contribution is 5.92. The third-order valence-electron chi connectivity index (χ3n) is 1.71. The fraction of sp³-hybridized carbons (Fsp3) is 0.100. The van der Waals surface area contributed by atoms with E-state index in [4.69, 9.17) is 5.11 Å². The van der Waals surface area contributed by atoms with E-state index >= 15 is 0 Å². The van der Waals surface area contributed by atoms with Crippen LogP contribution in [0.4, 0.5) is 13.2 Å². The van der Waals surface area contributed by atoms with E-state index in [-0.39, 0.29) is 11.1 Å². The molecule has 0 saturated heterocycles. The number of carbonyl (C=O) groups is 1. The van der Waals surface area contributed by atoms with Gasteiger partial charge in [-0.15, -0.1) is 13.2 Å². The summed E-state index contributed by atoms with van der Waals surface area (Å²) in [6.07, 6.45) is -3.66. The van der Waals surface area contributed by atoms with Crippen molar-refractivity contribution in [2.75, 3.05) is 0 Å². The number of rotatable bonds is 3. The standard InChI is InChI=1S/C10H7F3O3/c1-2-6-5-7(16-10(11,12)13)3-4-8(6)9(14)15/h2-5H,1H2,(H,14,15). The van der Waals surface area contributed by atoms with Crippen LogP contribution in [0, 0.1) is 0 Å². The maximum Gasteiger partial charge on any atom is 0.573 e. The highest BCUT2D eigenvalue weighted by Gasteiger charge is 2.31. The van der Waals surface area contributed by atoms with Crippen molar-refractivity contribution in [3.63, 3.8) is 0 Å². The number of ether oxygens (including phenoxy) is 1. The first-order valence-electron chi connectivity index (χ1n) is 4.09. The molecule has 16 heavy (non-hydrogen) atoms. The van der Waals surface area contributed by atoms with Gasteiger partial charge in [-0.3, -0.25) is 0 Å². The molecular formula is C10H7F3O3. The molecule has 86 valence electrons. The molecule has 0 aliphatic carbocycles. The first kappa shape index (κ1) is 12.1. The number of carboxylic acid groups (broad SMARTS) is 1. The molecule has 0 amide bonds. The molecule has 0 aliphatic heterocycles. The minimum Gasteiger partial charge on any atom is -0.478 e. The van der Waals surface area contributed by atoms with Crippen molar-refractivity contribution in [2.24, 2.45) is 0 Å². The average molecular weight is 232 g/mol. The lowest BCUT2D eigenvalue weighted by Gasteiger charge is -2.10. The second-order valence-corrected chi connectivity index (χ2v) is 2.81. The summed E-state index contributed by atoms with van der Waals surface area (Å²) < 4.78 is 39.3. The molecule has 6 heteroatoms. The van der Waals surface area contributed by atoms with E-state index in [1.165, 1.54) is 0 Å². The van der Waals surface area contributed by atoms with Gasteiger partial charge in [0.25, 0.3) is 0 Å².